The van der Waals surface area contributed by atoms with Crippen molar-refractivity contribution < 1.29 is 0 Å². The van der Waals surface area contributed by atoms with E-state index in [0.29, 0.717) is 17.4 Å². The highest BCUT2D eigenvalue weighted by molar-refractivity contribution is 7.65. The second-order valence-electron chi connectivity index (χ2n) is 3.99. The summed E-state index contributed by atoms with van der Waals surface area (Å²) in [6.45, 7) is 4.46. The maximum Gasteiger partial charge on any atom is 0.344 e. The lowest BCUT2D eigenvalue weighted by atomic mass is 9.94. The lowest BCUT2D eigenvalue weighted by molar-refractivity contribution is 0.394. The molecule has 1 fully saturated rings. The molecule has 0 heterocycles. The zero-order chi connectivity index (χ0) is 9.35. The predicted octanol–water partition coefficient (Wildman–Crippen LogP) is 4.47. The normalized spacial score (nSPS) is 31.5. The molecular weight excluding hydrogens is 231 g/mol. The van der Waals surface area contributed by atoms with Gasteiger partial charge >= 0.3 is 6.00 Å². The third-order valence-electron chi connectivity index (χ3n) is 2.85. The molecule has 2 atom stereocenters. The Morgan fingerprint density at radius 1 is 1.17 bits per heavy atom. The van der Waals surface area contributed by atoms with Crippen LogP contribution in [0.2, 0.25) is 5.54 Å². The lowest BCUT2D eigenvalue weighted by Gasteiger charge is -2.26. The second-order valence-corrected chi connectivity index (χ2v) is 12.9. The van der Waals surface area contributed by atoms with Crippen molar-refractivity contribution in [2.75, 3.05) is 0 Å². The maximum atomic E-state index is 6.05. The van der Waals surface area contributed by atoms with Crippen molar-refractivity contribution in [1.29, 1.82) is 0 Å². The van der Waals surface area contributed by atoms with Crippen LogP contribution in [-0.4, -0.2) is 6.00 Å². The maximum absolute atomic E-state index is 6.05. The summed E-state index contributed by atoms with van der Waals surface area (Å²) in [5.41, 5.74) is 0.405. The predicted molar refractivity (Wildman–Crippen MR) is 59.2 cm³/mol. The average molecular weight is 246 g/mol. The van der Waals surface area contributed by atoms with Crippen LogP contribution in [0, 0.1) is 11.8 Å². The van der Waals surface area contributed by atoms with Crippen LogP contribution in [0.4, 0.5) is 0 Å². The Morgan fingerprint density at radius 3 is 2.08 bits per heavy atom. The minimum absolute atomic E-state index is 0.405. The standard InChI is InChI=1S/C8H15Cl3Si/c1-6(2)7-4-3-5-8(7)12(9,10)11/h6-8H,3-5H2,1-2H3. The molecule has 1 aliphatic rings. The fourth-order valence-corrected chi connectivity index (χ4v) is 6.20. The summed E-state index contributed by atoms with van der Waals surface area (Å²) in [5, 5.41) is 0. The van der Waals surface area contributed by atoms with E-state index in [-0.39, 0.29) is 0 Å². The Morgan fingerprint density at radius 2 is 1.75 bits per heavy atom. The van der Waals surface area contributed by atoms with E-state index >= 15 is 0 Å². The summed E-state index contributed by atoms with van der Waals surface area (Å²) in [7, 11) is 0. The molecule has 1 saturated carbocycles. The first-order valence-corrected chi connectivity index (χ1v) is 9.61. The molecule has 0 N–H and O–H groups in total. The fraction of sp³-hybridized carbons (Fsp3) is 1.00. The smallest absolute Gasteiger partial charge is 0.126 e. The van der Waals surface area contributed by atoms with Crippen LogP contribution < -0.4 is 0 Å². The van der Waals surface area contributed by atoms with Crippen LogP contribution in [0.15, 0.2) is 0 Å². The van der Waals surface area contributed by atoms with E-state index in [0.717, 1.165) is 6.42 Å². The Labute approximate surface area is 89.7 Å². The molecule has 0 spiro atoms. The molecule has 72 valence electrons. The van der Waals surface area contributed by atoms with Gasteiger partial charge < -0.3 is 0 Å². The van der Waals surface area contributed by atoms with Crippen molar-refractivity contribution in [3.05, 3.63) is 0 Å². The molecule has 12 heavy (non-hydrogen) atoms. The first-order valence-electron chi connectivity index (χ1n) is 4.49. The van der Waals surface area contributed by atoms with Crippen LogP contribution in [0.3, 0.4) is 0 Å². The molecule has 4 heteroatoms. The van der Waals surface area contributed by atoms with Gasteiger partial charge in [0, 0.05) is 0 Å². The molecule has 0 saturated heterocycles. The van der Waals surface area contributed by atoms with Crippen molar-refractivity contribution in [2.24, 2.45) is 11.8 Å². The SMILES string of the molecule is CC(C)C1CCCC1[Si](Cl)(Cl)Cl. The minimum Gasteiger partial charge on any atom is -0.126 e. The zero-order valence-corrected chi connectivity index (χ0v) is 10.8. The van der Waals surface area contributed by atoms with E-state index in [1.165, 1.54) is 12.8 Å². The van der Waals surface area contributed by atoms with Gasteiger partial charge in [-0.2, -0.15) is 0 Å². The Kier molecular flexibility index (Phi) is 3.79. The molecule has 0 radical (unpaired) electrons. The van der Waals surface area contributed by atoms with Gasteiger partial charge in [0.15, 0.2) is 0 Å². The van der Waals surface area contributed by atoms with Crippen molar-refractivity contribution in [3.63, 3.8) is 0 Å². The summed E-state index contributed by atoms with van der Waals surface area (Å²) in [6, 6.07) is -2.43. The van der Waals surface area contributed by atoms with Gasteiger partial charge in [-0.05, 0) is 23.8 Å². The van der Waals surface area contributed by atoms with E-state index in [1.54, 1.807) is 0 Å². The monoisotopic (exact) mass is 244 g/mol. The summed E-state index contributed by atoms with van der Waals surface area (Å²) in [4.78, 5) is 0. The third kappa shape index (κ3) is 2.54. The van der Waals surface area contributed by atoms with Crippen LogP contribution >= 0.6 is 33.2 Å². The van der Waals surface area contributed by atoms with Gasteiger partial charge in [0.2, 0.25) is 0 Å². The van der Waals surface area contributed by atoms with E-state index in [9.17, 15) is 0 Å². The molecule has 1 aliphatic carbocycles. The first kappa shape index (κ1) is 11.2. The van der Waals surface area contributed by atoms with E-state index in [1.807, 2.05) is 0 Å². The average Bonchev–Trinajstić information content (AvgIpc) is 2.30. The van der Waals surface area contributed by atoms with Crippen molar-refractivity contribution in [3.8, 4) is 0 Å². The Hall–Kier alpha value is 1.09. The van der Waals surface area contributed by atoms with Crippen molar-refractivity contribution in [2.45, 2.75) is 38.7 Å². The van der Waals surface area contributed by atoms with Gasteiger partial charge in [0.1, 0.15) is 0 Å². The van der Waals surface area contributed by atoms with Gasteiger partial charge in [0.25, 0.3) is 0 Å². The molecule has 2 unspecified atom stereocenters. The molecule has 0 aliphatic heterocycles. The number of hydrogen-bond acceptors (Lipinski definition) is 0. The molecule has 0 aromatic heterocycles. The zero-order valence-electron chi connectivity index (χ0n) is 7.49. The molecular formula is C8H15Cl3Si. The number of halogens is 3. The Bertz CT molecular complexity index is 153. The lowest BCUT2D eigenvalue weighted by Crippen LogP contribution is -2.25. The van der Waals surface area contributed by atoms with Crippen LogP contribution in [-0.2, 0) is 0 Å². The van der Waals surface area contributed by atoms with Gasteiger partial charge in [-0.25, -0.2) is 0 Å². The summed E-state index contributed by atoms with van der Waals surface area (Å²) in [5.74, 6) is 1.32. The summed E-state index contributed by atoms with van der Waals surface area (Å²) >= 11 is 18.1. The quantitative estimate of drug-likeness (QED) is 0.497. The molecule has 0 amide bonds. The minimum atomic E-state index is -2.43. The van der Waals surface area contributed by atoms with Gasteiger partial charge in [-0.1, -0.05) is 26.7 Å². The summed E-state index contributed by atoms with van der Waals surface area (Å²) < 4.78 is 0. The Balaban J connectivity index is 2.64. The largest absolute Gasteiger partial charge is 0.344 e. The highest BCUT2D eigenvalue weighted by atomic mass is 35.8. The topological polar surface area (TPSA) is 0 Å². The van der Waals surface area contributed by atoms with E-state index < -0.39 is 6.00 Å². The fourth-order valence-electron chi connectivity index (χ4n) is 2.19. The van der Waals surface area contributed by atoms with Gasteiger partial charge in [-0.15, -0.1) is 33.2 Å². The first-order chi connectivity index (χ1) is 5.43. The molecule has 0 bridgehead atoms. The van der Waals surface area contributed by atoms with E-state index in [4.69, 9.17) is 33.2 Å². The van der Waals surface area contributed by atoms with E-state index in [2.05, 4.69) is 13.8 Å². The van der Waals surface area contributed by atoms with Crippen LogP contribution in [0.1, 0.15) is 33.1 Å². The van der Waals surface area contributed by atoms with Crippen molar-refractivity contribution in [1.82, 2.24) is 0 Å². The summed E-state index contributed by atoms with van der Waals surface area (Å²) in [6.07, 6.45) is 3.63. The van der Waals surface area contributed by atoms with Gasteiger partial charge in [0.05, 0.1) is 0 Å². The number of rotatable bonds is 2. The highest BCUT2D eigenvalue weighted by Crippen LogP contribution is 2.51. The molecule has 0 aromatic rings. The molecule has 0 aromatic carbocycles. The van der Waals surface area contributed by atoms with Crippen molar-refractivity contribution >= 4 is 39.2 Å². The van der Waals surface area contributed by atoms with Crippen LogP contribution in [0.25, 0.3) is 0 Å². The second kappa shape index (κ2) is 4.08. The third-order valence-corrected chi connectivity index (χ3v) is 6.93. The highest BCUT2D eigenvalue weighted by Gasteiger charge is 2.45. The number of hydrogen-bond donors (Lipinski definition) is 0. The van der Waals surface area contributed by atoms with Gasteiger partial charge in [-0.3, -0.25) is 0 Å². The molecule has 1 rings (SSSR count). The molecule has 0 nitrogen and oxygen atoms in total. The van der Waals surface area contributed by atoms with Crippen LogP contribution in [0.5, 0.6) is 0 Å².